The molecule has 3 rings (SSSR count). The zero-order chi connectivity index (χ0) is 23.1. The number of carbonyl (C=O) groups excluding carboxylic acids is 1. The largest absolute Gasteiger partial charge is 0.457 e. The summed E-state index contributed by atoms with van der Waals surface area (Å²) in [5.41, 5.74) is 1.83. The molecular weight excluding hydrogens is 428 g/mol. The van der Waals surface area contributed by atoms with E-state index in [-0.39, 0.29) is 0 Å². The van der Waals surface area contributed by atoms with Gasteiger partial charge in [0.15, 0.2) is 0 Å². The molecule has 1 N–H and O–H groups in total. The van der Waals surface area contributed by atoms with Gasteiger partial charge in [-0.3, -0.25) is 9.10 Å². The molecule has 1 amide bonds. The van der Waals surface area contributed by atoms with Crippen LogP contribution >= 0.6 is 0 Å². The molecular formula is C24H26N2O5S. The van der Waals surface area contributed by atoms with Crippen LogP contribution < -0.4 is 14.4 Å². The molecule has 0 radical (unpaired) electrons. The van der Waals surface area contributed by atoms with Crippen molar-refractivity contribution in [2.75, 3.05) is 23.0 Å². The Morgan fingerprint density at radius 1 is 0.969 bits per heavy atom. The van der Waals surface area contributed by atoms with Crippen LogP contribution in [0, 0.1) is 0 Å². The average Bonchev–Trinajstić information content (AvgIpc) is 2.75. The number of nitrogens with zero attached hydrogens (tertiary/aromatic N) is 1. The molecule has 0 saturated carbocycles. The van der Waals surface area contributed by atoms with Crippen LogP contribution in [0.5, 0.6) is 11.5 Å². The summed E-state index contributed by atoms with van der Waals surface area (Å²) in [7, 11) is -2.14. The minimum absolute atomic E-state index is 0.365. The number of rotatable bonds is 9. The SMILES string of the molecule is COCc1cccc(NC(=O)[C@@H](C)N(c2ccc(Oc3ccccc3)cc2)S(C)(=O)=O)c1. The van der Waals surface area contributed by atoms with Crippen LogP contribution in [0.3, 0.4) is 0 Å². The maximum Gasteiger partial charge on any atom is 0.247 e. The fourth-order valence-corrected chi connectivity index (χ4v) is 4.42. The van der Waals surface area contributed by atoms with Crippen LogP contribution in [0.15, 0.2) is 78.9 Å². The molecule has 8 heteroatoms. The predicted molar refractivity (Wildman–Crippen MR) is 126 cm³/mol. The number of anilines is 2. The normalized spacial score (nSPS) is 12.1. The Labute approximate surface area is 188 Å². The number of hydrogen-bond acceptors (Lipinski definition) is 5. The molecule has 0 aromatic heterocycles. The Kier molecular flexibility index (Phi) is 7.50. The van der Waals surface area contributed by atoms with Crippen molar-refractivity contribution < 1.29 is 22.7 Å². The number of para-hydroxylation sites is 1. The van der Waals surface area contributed by atoms with Gasteiger partial charge in [-0.15, -0.1) is 0 Å². The van der Waals surface area contributed by atoms with Gasteiger partial charge in [0.05, 0.1) is 18.6 Å². The van der Waals surface area contributed by atoms with E-state index in [0.29, 0.717) is 29.5 Å². The second-order valence-corrected chi connectivity index (χ2v) is 9.13. The number of nitrogens with one attached hydrogen (secondary N) is 1. The predicted octanol–water partition coefficient (Wildman–Crippen LogP) is 4.42. The number of ether oxygens (including phenoxy) is 2. The molecule has 0 aliphatic rings. The van der Waals surface area contributed by atoms with Crippen molar-refractivity contribution in [1.82, 2.24) is 0 Å². The first kappa shape index (κ1) is 23.3. The molecule has 168 valence electrons. The second kappa shape index (κ2) is 10.3. The lowest BCUT2D eigenvalue weighted by Crippen LogP contribution is -2.45. The van der Waals surface area contributed by atoms with E-state index < -0.39 is 22.0 Å². The molecule has 32 heavy (non-hydrogen) atoms. The number of sulfonamides is 1. The first-order valence-corrected chi connectivity index (χ1v) is 11.8. The summed E-state index contributed by atoms with van der Waals surface area (Å²) in [4.78, 5) is 12.9. The van der Waals surface area contributed by atoms with Gasteiger partial charge < -0.3 is 14.8 Å². The van der Waals surface area contributed by atoms with Gasteiger partial charge in [0, 0.05) is 12.8 Å². The lowest BCUT2D eigenvalue weighted by atomic mass is 10.2. The van der Waals surface area contributed by atoms with E-state index in [2.05, 4.69) is 5.32 Å². The van der Waals surface area contributed by atoms with Crippen LogP contribution in [0.4, 0.5) is 11.4 Å². The lowest BCUT2D eigenvalue weighted by Gasteiger charge is -2.28. The standard InChI is InChI=1S/C24H26N2O5S/c1-18(24(27)25-20-9-7-8-19(16-20)17-30-2)26(32(3,28)29)21-12-14-23(15-13-21)31-22-10-5-4-6-11-22/h4-16,18H,17H2,1-3H3,(H,25,27)/t18-/m1/s1. The first-order valence-electron chi connectivity index (χ1n) is 9.99. The zero-order valence-electron chi connectivity index (χ0n) is 18.2. The Bertz CT molecular complexity index is 1150. The highest BCUT2D eigenvalue weighted by Crippen LogP contribution is 2.27. The van der Waals surface area contributed by atoms with E-state index in [1.165, 1.54) is 0 Å². The Morgan fingerprint density at radius 3 is 2.25 bits per heavy atom. The smallest absolute Gasteiger partial charge is 0.247 e. The zero-order valence-corrected chi connectivity index (χ0v) is 19.0. The molecule has 0 heterocycles. The molecule has 0 saturated heterocycles. The quantitative estimate of drug-likeness (QED) is 0.517. The Balaban J connectivity index is 1.78. The molecule has 0 spiro atoms. The van der Waals surface area contributed by atoms with Gasteiger partial charge in [0.25, 0.3) is 0 Å². The van der Waals surface area contributed by atoms with Crippen molar-refractivity contribution >= 4 is 27.3 Å². The molecule has 3 aromatic rings. The number of methoxy groups -OCH3 is 1. The van der Waals surface area contributed by atoms with Crippen LogP contribution in [-0.2, 0) is 26.2 Å². The second-order valence-electron chi connectivity index (χ2n) is 7.27. The van der Waals surface area contributed by atoms with Crippen molar-refractivity contribution in [2.45, 2.75) is 19.6 Å². The molecule has 0 unspecified atom stereocenters. The van der Waals surface area contributed by atoms with Gasteiger partial charge in [0.2, 0.25) is 15.9 Å². The highest BCUT2D eigenvalue weighted by atomic mass is 32.2. The molecule has 0 aliphatic carbocycles. The van der Waals surface area contributed by atoms with Crippen molar-refractivity contribution in [2.24, 2.45) is 0 Å². The van der Waals surface area contributed by atoms with E-state index in [0.717, 1.165) is 16.1 Å². The molecule has 1 atom stereocenters. The van der Waals surface area contributed by atoms with Crippen LogP contribution in [0.25, 0.3) is 0 Å². The monoisotopic (exact) mass is 454 g/mol. The maximum atomic E-state index is 12.9. The fraction of sp³-hybridized carbons (Fsp3) is 0.208. The van der Waals surface area contributed by atoms with E-state index in [1.54, 1.807) is 56.5 Å². The minimum atomic E-state index is -3.73. The molecule has 0 bridgehead atoms. The van der Waals surface area contributed by atoms with E-state index in [1.807, 2.05) is 36.4 Å². The molecule has 7 nitrogen and oxygen atoms in total. The maximum absolute atomic E-state index is 12.9. The summed E-state index contributed by atoms with van der Waals surface area (Å²) in [6, 6.07) is 22.1. The third-order valence-electron chi connectivity index (χ3n) is 4.66. The fourth-order valence-electron chi connectivity index (χ4n) is 3.25. The third kappa shape index (κ3) is 6.09. The summed E-state index contributed by atoms with van der Waals surface area (Å²) in [6.45, 7) is 1.95. The van der Waals surface area contributed by atoms with E-state index in [4.69, 9.17) is 9.47 Å². The van der Waals surface area contributed by atoms with Crippen molar-refractivity contribution in [3.05, 3.63) is 84.4 Å². The van der Waals surface area contributed by atoms with Crippen molar-refractivity contribution in [3.8, 4) is 11.5 Å². The van der Waals surface area contributed by atoms with Gasteiger partial charge in [-0.2, -0.15) is 0 Å². The number of carbonyl (C=O) groups is 1. The van der Waals surface area contributed by atoms with Crippen LogP contribution in [0.1, 0.15) is 12.5 Å². The Morgan fingerprint density at radius 2 is 1.62 bits per heavy atom. The van der Waals surface area contributed by atoms with Gasteiger partial charge >= 0.3 is 0 Å². The van der Waals surface area contributed by atoms with Crippen LogP contribution in [-0.4, -0.2) is 33.7 Å². The average molecular weight is 455 g/mol. The number of hydrogen-bond donors (Lipinski definition) is 1. The summed E-state index contributed by atoms with van der Waals surface area (Å²) in [5.74, 6) is 0.777. The topological polar surface area (TPSA) is 84.9 Å². The number of amides is 1. The first-order chi connectivity index (χ1) is 15.3. The van der Waals surface area contributed by atoms with Gasteiger partial charge in [-0.25, -0.2) is 8.42 Å². The minimum Gasteiger partial charge on any atom is -0.457 e. The van der Waals surface area contributed by atoms with E-state index in [9.17, 15) is 13.2 Å². The van der Waals surface area contributed by atoms with Gasteiger partial charge in [0.1, 0.15) is 17.5 Å². The van der Waals surface area contributed by atoms with Crippen molar-refractivity contribution in [3.63, 3.8) is 0 Å². The number of benzene rings is 3. The van der Waals surface area contributed by atoms with E-state index >= 15 is 0 Å². The molecule has 0 aliphatic heterocycles. The van der Waals surface area contributed by atoms with Crippen molar-refractivity contribution in [1.29, 1.82) is 0 Å². The summed E-state index contributed by atoms with van der Waals surface area (Å²) in [6.07, 6.45) is 1.07. The van der Waals surface area contributed by atoms with Gasteiger partial charge in [-0.05, 0) is 61.0 Å². The highest BCUT2D eigenvalue weighted by Gasteiger charge is 2.29. The summed E-state index contributed by atoms with van der Waals surface area (Å²) >= 11 is 0. The molecule has 3 aromatic carbocycles. The summed E-state index contributed by atoms with van der Waals surface area (Å²) < 4.78 is 37.0. The highest BCUT2D eigenvalue weighted by molar-refractivity contribution is 7.92. The van der Waals surface area contributed by atoms with Gasteiger partial charge in [-0.1, -0.05) is 30.3 Å². The lowest BCUT2D eigenvalue weighted by molar-refractivity contribution is -0.116. The molecule has 0 fully saturated rings. The Hall–Kier alpha value is -3.36. The van der Waals surface area contributed by atoms with Crippen LogP contribution in [0.2, 0.25) is 0 Å². The summed E-state index contributed by atoms with van der Waals surface area (Å²) in [5, 5.41) is 2.78. The third-order valence-corrected chi connectivity index (χ3v) is 5.91.